The predicted octanol–water partition coefficient (Wildman–Crippen LogP) is 5.09. The van der Waals surface area contributed by atoms with Crippen LogP contribution in [0.15, 0.2) is 72.8 Å². The van der Waals surface area contributed by atoms with E-state index >= 15 is 0 Å². The average molecular weight is 419 g/mol. The van der Waals surface area contributed by atoms with Gasteiger partial charge in [-0.15, -0.1) is 0 Å². The molecule has 3 aromatic carbocycles. The van der Waals surface area contributed by atoms with Crippen LogP contribution in [0.1, 0.15) is 27.8 Å². The van der Waals surface area contributed by atoms with Crippen LogP contribution in [0.3, 0.4) is 0 Å². The molecular weight excluding hydrogens is 400 g/mol. The summed E-state index contributed by atoms with van der Waals surface area (Å²) in [5, 5.41) is 10.6. The summed E-state index contributed by atoms with van der Waals surface area (Å²) in [5.41, 5.74) is 4.03. The van der Waals surface area contributed by atoms with Gasteiger partial charge in [-0.25, -0.2) is 4.79 Å². The van der Waals surface area contributed by atoms with Gasteiger partial charge < -0.3 is 14.6 Å². The highest BCUT2D eigenvalue weighted by Crippen LogP contribution is 2.46. The summed E-state index contributed by atoms with van der Waals surface area (Å²) in [6.45, 7) is 0.329. The number of aliphatic carboxylic acids is 1. The molecule has 0 radical (unpaired) electrons. The lowest BCUT2D eigenvalue weighted by atomic mass is 9.72. The number of fused-ring (bicyclic) bond motifs is 4. The quantitative estimate of drug-likeness (QED) is 0.629. The Bertz CT molecular complexity index is 1090. The van der Waals surface area contributed by atoms with Crippen molar-refractivity contribution in [3.63, 3.8) is 0 Å². The Morgan fingerprint density at radius 3 is 1.80 bits per heavy atom. The molecule has 1 saturated heterocycles. The van der Waals surface area contributed by atoms with E-state index in [2.05, 4.69) is 36.4 Å². The van der Waals surface area contributed by atoms with Crippen molar-refractivity contribution in [2.45, 2.75) is 11.2 Å². The molecule has 1 aliphatic carbocycles. The molecular formula is C25H19ClO4. The molecule has 3 aromatic rings. The van der Waals surface area contributed by atoms with Gasteiger partial charge in [0.25, 0.3) is 5.79 Å². The molecule has 0 atom stereocenters. The molecule has 0 amide bonds. The van der Waals surface area contributed by atoms with Crippen molar-refractivity contribution in [2.24, 2.45) is 0 Å². The molecule has 5 rings (SSSR count). The number of carboxylic acids is 1. The van der Waals surface area contributed by atoms with E-state index in [4.69, 9.17) is 21.1 Å². The maximum absolute atomic E-state index is 12.3. The molecule has 4 nitrogen and oxygen atoms in total. The number of carbonyl (C=O) groups is 1. The standard InChI is InChI=1S/C25H19ClO4/c26-20-13-11-19(12-14-20)25(23(27)28)29-15-24(16-30-25)21-7-3-1-5-17(21)9-10-18-6-2-4-8-22(18)24/h1-14H,15-16H2,(H,27,28). The molecule has 30 heavy (non-hydrogen) atoms. The van der Waals surface area contributed by atoms with Crippen LogP contribution in [0, 0.1) is 0 Å². The van der Waals surface area contributed by atoms with Crippen molar-refractivity contribution >= 4 is 29.7 Å². The fourth-order valence-corrected chi connectivity index (χ4v) is 4.53. The van der Waals surface area contributed by atoms with Crippen LogP contribution in [0.2, 0.25) is 5.02 Å². The molecule has 5 heteroatoms. The van der Waals surface area contributed by atoms with Crippen LogP contribution in [-0.4, -0.2) is 24.3 Å². The summed E-state index contributed by atoms with van der Waals surface area (Å²) in [6, 6.07) is 22.7. The summed E-state index contributed by atoms with van der Waals surface area (Å²) >= 11 is 5.99. The molecule has 0 saturated carbocycles. The molecule has 1 heterocycles. The van der Waals surface area contributed by atoms with Gasteiger partial charge in [0, 0.05) is 10.6 Å². The van der Waals surface area contributed by atoms with Gasteiger partial charge in [-0.3, -0.25) is 0 Å². The molecule has 2 aliphatic rings. The first-order valence-corrected chi connectivity index (χ1v) is 10.1. The number of carboxylic acid groups (broad SMARTS) is 1. The highest BCUT2D eigenvalue weighted by molar-refractivity contribution is 6.30. The Kier molecular flexibility index (Phi) is 4.51. The van der Waals surface area contributed by atoms with Crippen LogP contribution in [0.5, 0.6) is 0 Å². The zero-order valence-corrected chi connectivity index (χ0v) is 16.8. The Labute approximate surface area is 179 Å². The van der Waals surface area contributed by atoms with Gasteiger partial charge in [-0.2, -0.15) is 0 Å². The van der Waals surface area contributed by atoms with Crippen LogP contribution in [0.25, 0.3) is 12.2 Å². The Hall–Kier alpha value is -2.92. The second-order valence-electron chi connectivity index (χ2n) is 7.60. The topological polar surface area (TPSA) is 55.8 Å². The molecule has 1 spiro atoms. The van der Waals surface area contributed by atoms with E-state index in [0.29, 0.717) is 10.6 Å². The summed E-state index contributed by atoms with van der Waals surface area (Å²) in [6.07, 6.45) is 4.17. The van der Waals surface area contributed by atoms with E-state index < -0.39 is 17.2 Å². The SMILES string of the molecule is O=C(O)C1(c2ccc(Cl)cc2)OCC2(CO1)c1ccccc1C=Cc1ccccc12. The first-order chi connectivity index (χ1) is 14.6. The highest BCUT2D eigenvalue weighted by atomic mass is 35.5. The van der Waals surface area contributed by atoms with E-state index in [9.17, 15) is 9.90 Å². The van der Waals surface area contributed by atoms with Crippen molar-refractivity contribution in [2.75, 3.05) is 13.2 Å². The third kappa shape index (κ3) is 2.80. The second kappa shape index (κ2) is 7.10. The first-order valence-electron chi connectivity index (χ1n) is 9.70. The van der Waals surface area contributed by atoms with Gasteiger partial charge in [-0.1, -0.05) is 84.4 Å². The highest BCUT2D eigenvalue weighted by Gasteiger charge is 2.53. The van der Waals surface area contributed by atoms with E-state index in [1.165, 1.54) is 0 Å². The Morgan fingerprint density at radius 2 is 1.30 bits per heavy atom. The van der Waals surface area contributed by atoms with E-state index in [1.807, 2.05) is 24.3 Å². The average Bonchev–Trinajstić information content (AvgIpc) is 2.91. The monoisotopic (exact) mass is 418 g/mol. The zero-order valence-electron chi connectivity index (χ0n) is 16.0. The lowest BCUT2D eigenvalue weighted by Gasteiger charge is -2.45. The first kappa shape index (κ1) is 19.1. The van der Waals surface area contributed by atoms with Crippen molar-refractivity contribution in [3.05, 3.63) is 106 Å². The molecule has 0 unspecified atom stereocenters. The molecule has 0 aromatic heterocycles. The minimum absolute atomic E-state index is 0.164. The number of hydrogen-bond acceptors (Lipinski definition) is 3. The summed E-state index contributed by atoms with van der Waals surface area (Å²) in [4.78, 5) is 12.3. The number of ether oxygens (including phenoxy) is 2. The molecule has 1 fully saturated rings. The van der Waals surface area contributed by atoms with Crippen molar-refractivity contribution in [1.29, 1.82) is 0 Å². The van der Waals surface area contributed by atoms with E-state index in [-0.39, 0.29) is 13.2 Å². The predicted molar refractivity (Wildman–Crippen MR) is 115 cm³/mol. The van der Waals surface area contributed by atoms with Gasteiger partial charge >= 0.3 is 5.97 Å². The summed E-state index contributed by atoms with van der Waals surface area (Å²) < 4.78 is 12.2. The molecule has 1 aliphatic heterocycles. The zero-order chi connectivity index (χ0) is 20.8. The van der Waals surface area contributed by atoms with Gasteiger partial charge in [-0.05, 0) is 34.4 Å². The summed E-state index contributed by atoms with van der Waals surface area (Å²) in [5.74, 6) is -3.06. The number of benzene rings is 3. The van der Waals surface area contributed by atoms with Crippen molar-refractivity contribution < 1.29 is 19.4 Å². The fraction of sp³-hybridized carbons (Fsp3) is 0.160. The largest absolute Gasteiger partial charge is 0.477 e. The van der Waals surface area contributed by atoms with Crippen molar-refractivity contribution in [1.82, 2.24) is 0 Å². The van der Waals surface area contributed by atoms with E-state index in [0.717, 1.165) is 22.3 Å². The number of halogens is 1. The third-order valence-corrected chi connectivity index (χ3v) is 6.20. The van der Waals surface area contributed by atoms with Gasteiger partial charge in [0.05, 0.1) is 18.6 Å². The van der Waals surface area contributed by atoms with Crippen LogP contribution in [0.4, 0.5) is 0 Å². The smallest absolute Gasteiger partial charge is 0.369 e. The normalized spacial score (nSPS) is 18.3. The Morgan fingerprint density at radius 1 is 0.800 bits per heavy atom. The van der Waals surface area contributed by atoms with E-state index in [1.54, 1.807) is 24.3 Å². The lowest BCUT2D eigenvalue weighted by Crippen LogP contribution is -2.54. The maximum Gasteiger partial charge on any atom is 0.369 e. The molecule has 0 bridgehead atoms. The lowest BCUT2D eigenvalue weighted by molar-refractivity contribution is -0.287. The van der Waals surface area contributed by atoms with Crippen LogP contribution in [-0.2, 0) is 25.5 Å². The van der Waals surface area contributed by atoms with Gasteiger partial charge in [0.15, 0.2) is 0 Å². The Balaban J connectivity index is 1.63. The number of rotatable bonds is 2. The van der Waals surface area contributed by atoms with Crippen molar-refractivity contribution in [3.8, 4) is 0 Å². The second-order valence-corrected chi connectivity index (χ2v) is 8.03. The minimum atomic E-state index is -1.88. The third-order valence-electron chi connectivity index (χ3n) is 5.94. The fourth-order valence-electron chi connectivity index (χ4n) is 4.41. The minimum Gasteiger partial charge on any atom is -0.477 e. The molecule has 1 N–H and O–H groups in total. The maximum atomic E-state index is 12.3. The van der Waals surface area contributed by atoms with Gasteiger partial charge in [0.2, 0.25) is 0 Å². The van der Waals surface area contributed by atoms with Gasteiger partial charge in [0.1, 0.15) is 0 Å². The molecule has 150 valence electrons. The van der Waals surface area contributed by atoms with Crippen LogP contribution < -0.4 is 0 Å². The van der Waals surface area contributed by atoms with Crippen LogP contribution >= 0.6 is 11.6 Å². The summed E-state index contributed by atoms with van der Waals surface area (Å²) in [7, 11) is 0. The number of hydrogen-bond donors (Lipinski definition) is 1.